The first-order chi connectivity index (χ1) is 7.60. The van der Waals surface area contributed by atoms with Crippen LogP contribution in [-0.2, 0) is 16.0 Å². The Balaban J connectivity index is 2.96. The largest absolute Gasteiger partial charge is 0.495 e. The van der Waals surface area contributed by atoms with E-state index < -0.39 is 11.8 Å². The number of carbonyl (C=O) groups is 1. The minimum absolute atomic E-state index is 0.0109. The van der Waals surface area contributed by atoms with Crippen LogP contribution < -0.4 is 4.74 Å². The van der Waals surface area contributed by atoms with Gasteiger partial charge >= 0.3 is 5.97 Å². The van der Waals surface area contributed by atoms with E-state index in [0.29, 0.717) is 12.2 Å². The summed E-state index contributed by atoms with van der Waals surface area (Å²) in [6.07, 6.45) is 0.0109. The van der Waals surface area contributed by atoms with Crippen LogP contribution in [0.15, 0.2) is 12.1 Å². The van der Waals surface area contributed by atoms with Gasteiger partial charge in [0.2, 0.25) is 0 Å². The summed E-state index contributed by atoms with van der Waals surface area (Å²) in [4.78, 5) is 11.3. The number of hydrogen-bond donors (Lipinski definition) is 0. The summed E-state index contributed by atoms with van der Waals surface area (Å²) in [7, 11) is 1.37. The maximum absolute atomic E-state index is 13.1. The molecule has 1 rings (SSSR count). The topological polar surface area (TPSA) is 35.5 Å². The van der Waals surface area contributed by atoms with Crippen LogP contribution in [0.3, 0.4) is 0 Å². The van der Waals surface area contributed by atoms with Crippen molar-refractivity contribution in [2.75, 3.05) is 13.7 Å². The molecule has 1 aromatic rings. The molecule has 0 aliphatic carbocycles. The zero-order chi connectivity index (χ0) is 12.1. The Morgan fingerprint density at radius 2 is 2.19 bits per heavy atom. The highest BCUT2D eigenvalue weighted by Gasteiger charge is 2.15. The van der Waals surface area contributed by atoms with Crippen molar-refractivity contribution < 1.29 is 18.7 Å². The van der Waals surface area contributed by atoms with Gasteiger partial charge in [-0.15, -0.1) is 0 Å². The van der Waals surface area contributed by atoms with E-state index in [4.69, 9.17) is 21.1 Å². The fourth-order valence-electron chi connectivity index (χ4n) is 1.30. The summed E-state index contributed by atoms with van der Waals surface area (Å²) in [6, 6.07) is 2.65. The van der Waals surface area contributed by atoms with E-state index in [1.807, 2.05) is 0 Å². The number of halogens is 2. The van der Waals surface area contributed by atoms with Crippen LogP contribution in [0, 0.1) is 5.82 Å². The Morgan fingerprint density at radius 1 is 1.50 bits per heavy atom. The van der Waals surface area contributed by atoms with Crippen LogP contribution >= 0.6 is 11.6 Å². The third-order valence-corrected chi connectivity index (χ3v) is 2.33. The van der Waals surface area contributed by atoms with Crippen molar-refractivity contribution in [1.29, 1.82) is 0 Å². The molecule has 1 aromatic carbocycles. The van der Waals surface area contributed by atoms with Gasteiger partial charge in [-0.2, -0.15) is 0 Å². The van der Waals surface area contributed by atoms with Gasteiger partial charge in [0.1, 0.15) is 16.6 Å². The zero-order valence-corrected chi connectivity index (χ0v) is 9.81. The quantitative estimate of drug-likeness (QED) is 0.766. The molecule has 0 N–H and O–H groups in total. The van der Waals surface area contributed by atoms with Crippen LogP contribution in [0.2, 0.25) is 5.02 Å². The van der Waals surface area contributed by atoms with Gasteiger partial charge in [-0.05, 0) is 13.0 Å². The Kier molecular flexibility index (Phi) is 4.55. The van der Waals surface area contributed by atoms with Crippen LogP contribution in [0.4, 0.5) is 4.39 Å². The van der Waals surface area contributed by atoms with Crippen molar-refractivity contribution in [3.63, 3.8) is 0 Å². The van der Waals surface area contributed by atoms with E-state index >= 15 is 0 Å². The molecular weight excluding hydrogens is 235 g/mol. The summed E-state index contributed by atoms with van der Waals surface area (Å²) in [5.74, 6) is -0.802. The molecule has 5 heteroatoms. The number of rotatable bonds is 4. The smallest absolute Gasteiger partial charge is 0.310 e. The molecular formula is C11H12ClFO3. The van der Waals surface area contributed by atoms with Gasteiger partial charge in [0, 0.05) is 5.56 Å². The van der Waals surface area contributed by atoms with Crippen molar-refractivity contribution in [3.8, 4) is 5.75 Å². The van der Waals surface area contributed by atoms with Gasteiger partial charge in [0.25, 0.3) is 0 Å². The molecule has 0 spiro atoms. The zero-order valence-electron chi connectivity index (χ0n) is 9.05. The first-order valence-corrected chi connectivity index (χ1v) is 5.14. The average Bonchev–Trinajstić information content (AvgIpc) is 2.24. The number of esters is 1. The molecule has 0 heterocycles. The minimum Gasteiger partial charge on any atom is -0.495 e. The minimum atomic E-state index is -0.578. The van der Waals surface area contributed by atoms with E-state index in [2.05, 4.69) is 0 Å². The molecule has 0 fully saturated rings. The number of carbonyl (C=O) groups excluding carboxylic acids is 1. The highest BCUT2D eigenvalue weighted by molar-refractivity contribution is 6.32. The standard InChI is InChI=1S/C11H12ClFO3/c1-3-16-9(14)6-7-4-5-8(13)10(12)11(7)15-2/h4-5H,3,6H2,1-2H3. The van der Waals surface area contributed by atoms with Crippen LogP contribution in [0.5, 0.6) is 5.75 Å². The second-order valence-electron chi connectivity index (χ2n) is 3.04. The lowest BCUT2D eigenvalue weighted by Gasteiger charge is -2.10. The van der Waals surface area contributed by atoms with Crippen molar-refractivity contribution in [2.24, 2.45) is 0 Å². The predicted octanol–water partition coefficient (Wildman–Crippen LogP) is 2.59. The maximum Gasteiger partial charge on any atom is 0.310 e. The lowest BCUT2D eigenvalue weighted by Crippen LogP contribution is -2.08. The number of benzene rings is 1. The van der Waals surface area contributed by atoms with E-state index in [1.54, 1.807) is 6.92 Å². The monoisotopic (exact) mass is 246 g/mol. The van der Waals surface area contributed by atoms with Gasteiger partial charge in [-0.3, -0.25) is 4.79 Å². The van der Waals surface area contributed by atoms with E-state index in [-0.39, 0.29) is 17.2 Å². The number of methoxy groups -OCH3 is 1. The molecule has 0 radical (unpaired) electrons. The molecule has 0 aliphatic heterocycles. The number of hydrogen-bond acceptors (Lipinski definition) is 3. The van der Waals surface area contributed by atoms with E-state index in [1.165, 1.54) is 19.2 Å². The molecule has 0 unspecified atom stereocenters. The summed E-state index contributed by atoms with van der Waals surface area (Å²) < 4.78 is 22.8. The second kappa shape index (κ2) is 5.70. The van der Waals surface area contributed by atoms with Crippen LogP contribution in [-0.4, -0.2) is 19.7 Å². The highest BCUT2D eigenvalue weighted by Crippen LogP contribution is 2.31. The van der Waals surface area contributed by atoms with Gasteiger partial charge in [0.15, 0.2) is 0 Å². The van der Waals surface area contributed by atoms with Crippen LogP contribution in [0.25, 0.3) is 0 Å². The molecule has 0 atom stereocenters. The van der Waals surface area contributed by atoms with Gasteiger partial charge in [0.05, 0.1) is 20.1 Å². The molecule has 0 aromatic heterocycles. The maximum atomic E-state index is 13.1. The predicted molar refractivity (Wildman–Crippen MR) is 58.3 cm³/mol. The molecule has 0 amide bonds. The normalized spacial score (nSPS) is 10.0. The van der Waals surface area contributed by atoms with Crippen molar-refractivity contribution in [1.82, 2.24) is 0 Å². The Labute approximate surface area is 98.1 Å². The molecule has 3 nitrogen and oxygen atoms in total. The molecule has 0 bridgehead atoms. The Bertz CT molecular complexity index is 393. The summed E-state index contributed by atoms with van der Waals surface area (Å²) in [5.41, 5.74) is 0.507. The number of ether oxygens (including phenoxy) is 2. The van der Waals surface area contributed by atoms with Gasteiger partial charge < -0.3 is 9.47 Å². The van der Waals surface area contributed by atoms with Crippen molar-refractivity contribution >= 4 is 17.6 Å². The Hall–Kier alpha value is -1.29. The molecule has 16 heavy (non-hydrogen) atoms. The third-order valence-electron chi connectivity index (χ3n) is 1.98. The Morgan fingerprint density at radius 3 is 2.75 bits per heavy atom. The van der Waals surface area contributed by atoms with Crippen LogP contribution in [0.1, 0.15) is 12.5 Å². The van der Waals surface area contributed by atoms with Gasteiger partial charge in [-0.1, -0.05) is 17.7 Å². The third kappa shape index (κ3) is 2.85. The second-order valence-corrected chi connectivity index (χ2v) is 3.41. The summed E-state index contributed by atoms with van der Waals surface area (Å²) in [5, 5.41) is -0.121. The fourth-order valence-corrected chi connectivity index (χ4v) is 1.56. The summed E-state index contributed by atoms with van der Waals surface area (Å²) >= 11 is 5.71. The van der Waals surface area contributed by atoms with Gasteiger partial charge in [-0.25, -0.2) is 4.39 Å². The highest BCUT2D eigenvalue weighted by atomic mass is 35.5. The fraction of sp³-hybridized carbons (Fsp3) is 0.364. The average molecular weight is 247 g/mol. The van der Waals surface area contributed by atoms with Crippen molar-refractivity contribution in [2.45, 2.75) is 13.3 Å². The first kappa shape index (κ1) is 12.8. The van der Waals surface area contributed by atoms with E-state index in [0.717, 1.165) is 0 Å². The molecule has 0 saturated carbocycles. The lowest BCUT2D eigenvalue weighted by molar-refractivity contribution is -0.142. The first-order valence-electron chi connectivity index (χ1n) is 4.76. The summed E-state index contributed by atoms with van der Waals surface area (Å²) in [6.45, 7) is 2.02. The van der Waals surface area contributed by atoms with Crippen molar-refractivity contribution in [3.05, 3.63) is 28.5 Å². The lowest BCUT2D eigenvalue weighted by atomic mass is 10.1. The molecule has 0 aliphatic rings. The van der Waals surface area contributed by atoms with E-state index in [9.17, 15) is 9.18 Å². The molecule has 0 saturated heterocycles. The SMILES string of the molecule is CCOC(=O)Cc1ccc(F)c(Cl)c1OC. The molecule has 88 valence electrons.